The smallest absolute Gasteiger partial charge is 0.206 e. The highest BCUT2D eigenvalue weighted by Crippen LogP contribution is 2.30. The molecule has 27 heavy (non-hydrogen) atoms. The topological polar surface area (TPSA) is 96.4 Å². The van der Waals surface area contributed by atoms with Crippen LogP contribution in [-0.4, -0.2) is 23.3 Å². The Kier molecular flexibility index (Phi) is 8.26. The zero-order valence-electron chi connectivity index (χ0n) is 16.3. The van der Waals surface area contributed by atoms with E-state index in [9.17, 15) is 0 Å². The summed E-state index contributed by atoms with van der Waals surface area (Å²) in [6, 6.07) is 8.06. The van der Waals surface area contributed by atoms with Crippen LogP contribution in [0.25, 0.3) is 10.6 Å². The fourth-order valence-corrected chi connectivity index (χ4v) is 3.67. The third kappa shape index (κ3) is 6.67. The molecule has 6 nitrogen and oxygen atoms in total. The Labute approximate surface area is 165 Å². The average molecular weight is 388 g/mol. The number of rotatable bonds is 10. The molecule has 0 aliphatic carbocycles. The van der Waals surface area contributed by atoms with Gasteiger partial charge in [-0.3, -0.25) is 5.41 Å². The minimum Gasteiger partial charge on any atom is -0.494 e. The minimum absolute atomic E-state index is 0.184. The van der Waals surface area contributed by atoms with Crippen molar-refractivity contribution in [1.82, 2.24) is 10.4 Å². The van der Waals surface area contributed by atoms with Crippen molar-refractivity contribution >= 4 is 23.0 Å². The molecule has 146 valence electrons. The fourth-order valence-electron chi connectivity index (χ4n) is 2.66. The normalized spacial score (nSPS) is 11.4. The maximum absolute atomic E-state index is 7.20. The minimum atomic E-state index is -0.184. The SMILES string of the molecule is CCCCCCCOc1cccc(-c2nc(C)c(C(C)=NNC(=N)N)s2)c1. The van der Waals surface area contributed by atoms with Crippen molar-refractivity contribution in [3.63, 3.8) is 0 Å². The number of hydrogen-bond donors (Lipinski definition) is 3. The molecule has 0 unspecified atom stereocenters. The third-order valence-corrected chi connectivity index (χ3v) is 5.38. The molecule has 1 aromatic heterocycles. The largest absolute Gasteiger partial charge is 0.494 e. The lowest BCUT2D eigenvalue weighted by molar-refractivity contribution is 0.304. The van der Waals surface area contributed by atoms with Crippen molar-refractivity contribution in [3.05, 3.63) is 34.8 Å². The molecule has 0 saturated heterocycles. The summed E-state index contributed by atoms with van der Waals surface area (Å²) in [5.41, 5.74) is 10.5. The van der Waals surface area contributed by atoms with Crippen LogP contribution in [0, 0.1) is 12.3 Å². The summed E-state index contributed by atoms with van der Waals surface area (Å²) in [5.74, 6) is 0.692. The second kappa shape index (κ2) is 10.7. The first-order valence-corrected chi connectivity index (χ1v) is 10.2. The van der Waals surface area contributed by atoms with E-state index in [1.165, 1.54) is 25.7 Å². The van der Waals surface area contributed by atoms with Crippen LogP contribution in [0.4, 0.5) is 0 Å². The summed E-state index contributed by atoms with van der Waals surface area (Å²) in [6.45, 7) is 6.80. The number of nitrogens with zero attached hydrogens (tertiary/aromatic N) is 2. The first-order valence-electron chi connectivity index (χ1n) is 9.36. The van der Waals surface area contributed by atoms with Crippen LogP contribution in [0.1, 0.15) is 56.5 Å². The molecule has 0 bridgehead atoms. The summed E-state index contributed by atoms with van der Waals surface area (Å²) in [5, 5.41) is 12.2. The Hall–Kier alpha value is -2.41. The van der Waals surface area contributed by atoms with Gasteiger partial charge in [0.05, 0.1) is 22.9 Å². The summed E-state index contributed by atoms with van der Waals surface area (Å²) >= 11 is 1.57. The second-order valence-corrected chi connectivity index (χ2v) is 7.45. The lowest BCUT2D eigenvalue weighted by Crippen LogP contribution is -2.26. The molecule has 1 aromatic carbocycles. The number of guanidine groups is 1. The molecule has 0 spiro atoms. The molecule has 0 radical (unpaired) electrons. The number of nitrogens with two attached hydrogens (primary N) is 1. The van der Waals surface area contributed by atoms with Gasteiger partial charge in [0.25, 0.3) is 0 Å². The lowest BCUT2D eigenvalue weighted by atomic mass is 10.2. The van der Waals surface area contributed by atoms with Gasteiger partial charge in [0, 0.05) is 5.56 Å². The van der Waals surface area contributed by atoms with Gasteiger partial charge >= 0.3 is 0 Å². The quantitative estimate of drug-likeness (QED) is 0.239. The van der Waals surface area contributed by atoms with Crippen molar-refractivity contribution in [2.75, 3.05) is 6.61 Å². The Bertz CT molecular complexity index is 784. The van der Waals surface area contributed by atoms with Crippen LogP contribution in [-0.2, 0) is 0 Å². The zero-order chi connectivity index (χ0) is 19.6. The molecule has 0 amide bonds. The van der Waals surface area contributed by atoms with Gasteiger partial charge in [-0.05, 0) is 32.4 Å². The number of unbranched alkanes of at least 4 members (excludes halogenated alkanes) is 4. The van der Waals surface area contributed by atoms with Crippen LogP contribution in [0.2, 0.25) is 0 Å². The van der Waals surface area contributed by atoms with E-state index in [0.717, 1.165) is 45.6 Å². The summed E-state index contributed by atoms with van der Waals surface area (Å²) in [7, 11) is 0. The van der Waals surface area contributed by atoms with Gasteiger partial charge in [-0.2, -0.15) is 5.10 Å². The highest BCUT2D eigenvalue weighted by molar-refractivity contribution is 7.17. The molecule has 1 heterocycles. The van der Waals surface area contributed by atoms with Gasteiger partial charge in [-0.25, -0.2) is 10.4 Å². The number of nitrogens with one attached hydrogen (secondary N) is 2. The summed E-state index contributed by atoms with van der Waals surface area (Å²) < 4.78 is 5.90. The molecular weight excluding hydrogens is 358 g/mol. The number of aryl methyl sites for hydroxylation is 1. The fraction of sp³-hybridized carbons (Fsp3) is 0.450. The van der Waals surface area contributed by atoms with Crippen LogP contribution in [0.3, 0.4) is 0 Å². The van der Waals surface area contributed by atoms with Crippen LogP contribution < -0.4 is 15.9 Å². The molecule has 2 aromatic rings. The predicted octanol–water partition coefficient (Wildman–Crippen LogP) is 4.67. The number of hydrazone groups is 1. The molecule has 4 N–H and O–H groups in total. The third-order valence-electron chi connectivity index (χ3n) is 4.07. The van der Waals surface area contributed by atoms with Crippen molar-refractivity contribution in [3.8, 4) is 16.3 Å². The first-order chi connectivity index (χ1) is 13.0. The van der Waals surface area contributed by atoms with Crippen molar-refractivity contribution < 1.29 is 4.74 Å². The maximum Gasteiger partial charge on any atom is 0.206 e. The van der Waals surface area contributed by atoms with E-state index < -0.39 is 0 Å². The number of aromatic nitrogens is 1. The Morgan fingerprint density at radius 2 is 2.07 bits per heavy atom. The van der Waals surface area contributed by atoms with Crippen molar-refractivity contribution in [2.45, 2.75) is 52.9 Å². The molecule has 2 rings (SSSR count). The van der Waals surface area contributed by atoms with Crippen LogP contribution in [0.15, 0.2) is 29.4 Å². The first kappa shape index (κ1) is 20.9. The van der Waals surface area contributed by atoms with Gasteiger partial charge < -0.3 is 10.5 Å². The van der Waals surface area contributed by atoms with Gasteiger partial charge in [0.1, 0.15) is 10.8 Å². The van der Waals surface area contributed by atoms with Gasteiger partial charge in [-0.1, -0.05) is 44.7 Å². The summed E-state index contributed by atoms with van der Waals surface area (Å²) in [4.78, 5) is 5.64. The average Bonchev–Trinajstić information content (AvgIpc) is 3.05. The number of ether oxygens (including phenoxy) is 1. The molecular formula is C20H29N5OS. The van der Waals surface area contributed by atoms with E-state index in [-0.39, 0.29) is 5.96 Å². The van der Waals surface area contributed by atoms with Crippen molar-refractivity contribution in [1.29, 1.82) is 5.41 Å². The van der Waals surface area contributed by atoms with Crippen molar-refractivity contribution in [2.24, 2.45) is 10.8 Å². The molecule has 0 atom stereocenters. The van der Waals surface area contributed by atoms with E-state index in [1.807, 2.05) is 38.1 Å². The van der Waals surface area contributed by atoms with Gasteiger partial charge in [0.2, 0.25) is 5.96 Å². The number of benzene rings is 1. The molecule has 0 saturated carbocycles. The maximum atomic E-state index is 7.20. The van der Waals surface area contributed by atoms with E-state index in [0.29, 0.717) is 0 Å². The van der Waals surface area contributed by atoms with E-state index in [2.05, 4.69) is 22.4 Å². The standard InChI is InChI=1S/C20H29N5OS/c1-4-5-6-7-8-12-26-17-11-9-10-16(13-17)19-23-14(2)18(27-19)15(3)24-25-20(21)22/h9-11,13H,4-8,12H2,1-3H3,(H4,21,22,25). The molecule has 7 heteroatoms. The lowest BCUT2D eigenvalue weighted by Gasteiger charge is -2.07. The van der Waals surface area contributed by atoms with Crippen LogP contribution >= 0.6 is 11.3 Å². The zero-order valence-corrected chi connectivity index (χ0v) is 17.2. The molecule has 0 fully saturated rings. The van der Waals surface area contributed by atoms with E-state index >= 15 is 0 Å². The number of hydrogen-bond acceptors (Lipinski definition) is 5. The highest BCUT2D eigenvalue weighted by atomic mass is 32.1. The highest BCUT2D eigenvalue weighted by Gasteiger charge is 2.12. The Balaban J connectivity index is 2.03. The number of thiazole rings is 1. The summed E-state index contributed by atoms with van der Waals surface area (Å²) in [6.07, 6.45) is 6.14. The molecule has 0 aliphatic heterocycles. The van der Waals surface area contributed by atoms with Gasteiger partial charge in [-0.15, -0.1) is 11.3 Å². The molecule has 0 aliphatic rings. The van der Waals surface area contributed by atoms with E-state index in [1.54, 1.807) is 11.3 Å². The van der Waals surface area contributed by atoms with E-state index in [4.69, 9.17) is 15.9 Å². The Morgan fingerprint density at radius 1 is 1.30 bits per heavy atom. The predicted molar refractivity (Wildman–Crippen MR) is 114 cm³/mol. The van der Waals surface area contributed by atoms with Crippen LogP contribution in [0.5, 0.6) is 5.75 Å². The monoisotopic (exact) mass is 387 g/mol. The van der Waals surface area contributed by atoms with Gasteiger partial charge in [0.15, 0.2) is 0 Å². The second-order valence-electron chi connectivity index (χ2n) is 6.45. The Morgan fingerprint density at radius 3 is 2.81 bits per heavy atom.